The summed E-state index contributed by atoms with van der Waals surface area (Å²) in [7, 11) is 0. The molecule has 0 bridgehead atoms. The van der Waals surface area contributed by atoms with Crippen molar-refractivity contribution in [3.8, 4) is 0 Å². The number of rotatable bonds is 20. The van der Waals surface area contributed by atoms with Gasteiger partial charge in [-0.1, -0.05) is 36.4 Å². The van der Waals surface area contributed by atoms with Crippen molar-refractivity contribution in [1.82, 2.24) is 31.1 Å². The zero-order chi connectivity index (χ0) is 55.1. The lowest BCUT2D eigenvalue weighted by molar-refractivity contribution is -0.384. The van der Waals surface area contributed by atoms with E-state index in [1.165, 1.54) is 54.6 Å². The van der Waals surface area contributed by atoms with Gasteiger partial charge in [0.25, 0.3) is 64.3 Å². The van der Waals surface area contributed by atoms with E-state index in [4.69, 9.17) is 0 Å². The van der Waals surface area contributed by atoms with E-state index >= 15 is 0 Å². The molecule has 0 radical (unpaired) electrons. The summed E-state index contributed by atoms with van der Waals surface area (Å²) in [5, 5.41) is 48.7. The van der Waals surface area contributed by atoms with Crippen molar-refractivity contribution in [2.75, 3.05) is 57.3 Å². The molecule has 0 spiro atoms. The third-order valence-corrected chi connectivity index (χ3v) is 13.6. The Morgan fingerprint density at radius 3 is 1.14 bits per heavy atom. The Morgan fingerprint density at radius 1 is 0.410 bits per heavy atom. The van der Waals surface area contributed by atoms with Gasteiger partial charge in [-0.3, -0.25) is 78.5 Å². The number of carbonyl (C=O) groups excluding carboxylic acids is 8. The van der Waals surface area contributed by atoms with Crippen LogP contribution >= 0.6 is 0 Å². The molecular formula is C54H42N10O14. The largest absolute Gasteiger partial charge is 0.351 e. The molecule has 0 fully saturated rings. The third-order valence-electron chi connectivity index (χ3n) is 13.6. The second-order valence-corrected chi connectivity index (χ2v) is 18.4. The second kappa shape index (κ2) is 20.8. The molecule has 24 nitrogen and oxygen atoms in total. The van der Waals surface area contributed by atoms with Crippen LogP contribution in [0.3, 0.4) is 0 Å². The summed E-state index contributed by atoms with van der Waals surface area (Å²) in [4.78, 5) is 146. The maximum atomic E-state index is 14.2. The summed E-state index contributed by atoms with van der Waals surface area (Å²) in [6.45, 7) is 0.923. The van der Waals surface area contributed by atoms with E-state index in [0.717, 1.165) is 32.9 Å². The van der Waals surface area contributed by atoms with Crippen molar-refractivity contribution in [3.05, 3.63) is 184 Å². The minimum atomic E-state index is -0.934. The molecule has 0 unspecified atom stereocenters. The Hall–Kier alpha value is -10.2. The zero-order valence-corrected chi connectivity index (χ0v) is 40.9. The molecule has 0 saturated carbocycles. The number of nitro benzene ring substituents is 3. The third kappa shape index (κ3) is 9.36. The molecule has 3 heterocycles. The fraction of sp³-hybridized carbons (Fsp3) is 0.185. The van der Waals surface area contributed by atoms with Gasteiger partial charge in [0, 0.05) is 120 Å². The molecule has 3 aliphatic rings. The number of imide groups is 3. The first kappa shape index (κ1) is 51.3. The van der Waals surface area contributed by atoms with E-state index in [9.17, 15) is 68.7 Å². The van der Waals surface area contributed by atoms with Gasteiger partial charge in [-0.25, -0.2) is 4.90 Å². The van der Waals surface area contributed by atoms with Crippen LogP contribution in [0.2, 0.25) is 0 Å². The van der Waals surface area contributed by atoms with Gasteiger partial charge in [0.05, 0.1) is 37.1 Å². The number of hydrogen-bond donors (Lipinski definition) is 4. The molecule has 8 amide bonds. The molecule has 10 rings (SSSR count). The Kier molecular flexibility index (Phi) is 13.7. The molecule has 4 N–H and O–H groups in total. The molecule has 0 aromatic heterocycles. The Bertz CT molecular complexity index is 3680. The van der Waals surface area contributed by atoms with E-state index in [1.54, 1.807) is 36.4 Å². The van der Waals surface area contributed by atoms with Gasteiger partial charge in [-0.2, -0.15) is 0 Å². The van der Waals surface area contributed by atoms with E-state index in [2.05, 4.69) is 21.3 Å². The van der Waals surface area contributed by atoms with Crippen molar-refractivity contribution in [3.63, 3.8) is 0 Å². The number of amides is 8. The Balaban J connectivity index is 0.780. The lowest BCUT2D eigenvalue weighted by Gasteiger charge is -2.28. The van der Waals surface area contributed by atoms with Crippen molar-refractivity contribution < 1.29 is 53.1 Å². The predicted octanol–water partition coefficient (Wildman–Crippen LogP) is 5.68. The minimum Gasteiger partial charge on any atom is -0.351 e. The highest BCUT2D eigenvalue weighted by atomic mass is 16.6. The fourth-order valence-electron chi connectivity index (χ4n) is 10.0. The average Bonchev–Trinajstić information content (AvgIpc) is 3.59. The van der Waals surface area contributed by atoms with Gasteiger partial charge < -0.3 is 21.3 Å². The maximum Gasteiger partial charge on any atom is 0.270 e. The van der Waals surface area contributed by atoms with Crippen LogP contribution in [0.1, 0.15) is 95.7 Å². The van der Waals surface area contributed by atoms with Crippen LogP contribution in [0.4, 0.5) is 22.7 Å². The number of non-ortho nitro benzene ring substituents is 3. The summed E-state index contributed by atoms with van der Waals surface area (Å²) in [5.41, 5.74) is -0.913. The lowest BCUT2D eigenvalue weighted by Crippen LogP contribution is -2.42. The van der Waals surface area contributed by atoms with E-state index in [0.29, 0.717) is 21.5 Å². The van der Waals surface area contributed by atoms with Gasteiger partial charge in [0.1, 0.15) is 0 Å². The topological polar surface area (TPSA) is 324 Å². The first-order chi connectivity index (χ1) is 37.5. The van der Waals surface area contributed by atoms with Crippen LogP contribution < -0.4 is 26.2 Å². The summed E-state index contributed by atoms with van der Waals surface area (Å²) < 4.78 is 0. The monoisotopic (exact) mass is 1050 g/mol. The molecule has 0 saturated heterocycles. The van der Waals surface area contributed by atoms with Crippen LogP contribution in [-0.2, 0) is 0 Å². The lowest BCUT2D eigenvalue weighted by atomic mass is 9.92. The first-order valence-electron chi connectivity index (χ1n) is 24.4. The van der Waals surface area contributed by atoms with Crippen LogP contribution in [0, 0.1) is 30.3 Å². The van der Waals surface area contributed by atoms with Gasteiger partial charge in [-0.15, -0.1) is 0 Å². The Morgan fingerprint density at radius 2 is 0.756 bits per heavy atom. The standard InChI is InChI=1S/C54H42N10O14/c65-47(57-16-14-55-12-4-18-59-49(67)38-9-1-6-29-21-35(62(73)74)26-41(44(29)38)51(59)69)32-20-33(25-34(24-32)61-53(71)40-11-3-8-31-23-37(64(77)78)28-43(46(31)40)54(61)72)48(66)58-17-15-56-13-5-19-60-50(68)39-10-2-7-30-22-36(63(75)76)27-42(45(30)39)52(60)70/h1-3,6-11,20-28,55-56H,4-5,12-19H2,(H,57,65)(H,58,66). The normalized spacial score (nSPS) is 13.7. The van der Waals surface area contributed by atoms with Crippen LogP contribution in [-0.4, -0.2) is 124 Å². The Labute approximate surface area is 439 Å². The molecular weight excluding hydrogens is 1010 g/mol. The maximum absolute atomic E-state index is 14.2. The fourth-order valence-corrected chi connectivity index (χ4v) is 10.0. The van der Waals surface area contributed by atoms with Gasteiger partial charge in [0.15, 0.2) is 0 Å². The molecule has 392 valence electrons. The number of nitrogens with zero attached hydrogens (tertiary/aromatic N) is 6. The van der Waals surface area contributed by atoms with Crippen LogP contribution in [0.15, 0.2) is 109 Å². The zero-order valence-electron chi connectivity index (χ0n) is 40.9. The molecule has 3 aliphatic heterocycles. The smallest absolute Gasteiger partial charge is 0.270 e. The number of nitro groups is 3. The summed E-state index contributed by atoms with van der Waals surface area (Å²) in [6, 6.07) is 24.9. The van der Waals surface area contributed by atoms with Crippen molar-refractivity contribution in [2.24, 2.45) is 0 Å². The summed E-state index contributed by atoms with van der Waals surface area (Å²) in [6.07, 6.45) is 0.562. The number of hydrogen-bond acceptors (Lipinski definition) is 16. The van der Waals surface area contributed by atoms with Crippen LogP contribution in [0.25, 0.3) is 32.3 Å². The van der Waals surface area contributed by atoms with E-state index in [1.807, 2.05) is 0 Å². The SMILES string of the molecule is O=C(NCCNCCCN1C(=O)c2cccc3cc([N+](=O)[O-])cc(c23)C1=O)c1cc(C(=O)NCCNCCCN2C(=O)c3cccc4cc([N+](=O)[O-])cc(c34)C2=O)cc(N2C(=O)c3cccc4cc([N+](=O)[O-])cc(c34)C2=O)c1. The van der Waals surface area contributed by atoms with E-state index in [-0.39, 0.29) is 138 Å². The van der Waals surface area contributed by atoms with Crippen molar-refractivity contribution >= 4 is 102 Å². The highest BCUT2D eigenvalue weighted by Gasteiger charge is 2.38. The molecule has 24 heteroatoms. The molecule has 0 aliphatic carbocycles. The van der Waals surface area contributed by atoms with Gasteiger partial charge in [0.2, 0.25) is 0 Å². The predicted molar refractivity (Wildman–Crippen MR) is 280 cm³/mol. The quantitative estimate of drug-likeness (QED) is 0.0309. The number of benzene rings is 7. The highest BCUT2D eigenvalue weighted by Crippen LogP contribution is 2.38. The van der Waals surface area contributed by atoms with Gasteiger partial charge >= 0.3 is 0 Å². The molecule has 0 atom stereocenters. The number of nitrogens with one attached hydrogen (secondary N) is 4. The molecule has 7 aromatic rings. The second-order valence-electron chi connectivity index (χ2n) is 18.4. The van der Waals surface area contributed by atoms with Gasteiger partial charge in [-0.05, 0) is 78.5 Å². The first-order valence-corrected chi connectivity index (χ1v) is 24.4. The van der Waals surface area contributed by atoms with Crippen molar-refractivity contribution in [2.45, 2.75) is 12.8 Å². The number of carbonyl (C=O) groups is 8. The highest BCUT2D eigenvalue weighted by molar-refractivity contribution is 6.36. The molecule has 7 aromatic carbocycles. The van der Waals surface area contributed by atoms with Crippen molar-refractivity contribution in [1.29, 1.82) is 0 Å². The summed E-state index contributed by atoms with van der Waals surface area (Å²) in [5.74, 6) is -5.56. The summed E-state index contributed by atoms with van der Waals surface area (Å²) >= 11 is 0. The minimum absolute atomic E-state index is 0.0165. The average molecular weight is 1050 g/mol. The molecule has 78 heavy (non-hydrogen) atoms. The van der Waals surface area contributed by atoms with E-state index < -0.39 is 67.7 Å². The van der Waals surface area contributed by atoms with Crippen LogP contribution in [0.5, 0.6) is 0 Å². The number of anilines is 1.